The minimum atomic E-state index is 0.203. The van der Waals surface area contributed by atoms with E-state index in [2.05, 4.69) is 47.5 Å². The smallest absolute Gasteiger partial charge is 0.174 e. The van der Waals surface area contributed by atoms with E-state index in [4.69, 9.17) is 0 Å². The van der Waals surface area contributed by atoms with Crippen molar-refractivity contribution in [3.8, 4) is 0 Å². The Labute approximate surface area is 159 Å². The first-order valence-electron chi connectivity index (χ1n) is 10.2. The molecule has 6 nitrogen and oxygen atoms in total. The van der Waals surface area contributed by atoms with Gasteiger partial charge in [-0.2, -0.15) is 0 Å². The molecule has 5 rings (SSSR count). The Hall–Kier alpha value is -1.31. The molecule has 0 unspecified atom stereocenters. The highest BCUT2D eigenvalue weighted by Gasteiger charge is 2.37. The number of hydrogen-bond acceptors (Lipinski definition) is 6. The van der Waals surface area contributed by atoms with Gasteiger partial charge >= 0.3 is 0 Å². The maximum absolute atomic E-state index is 4.56. The lowest BCUT2D eigenvalue weighted by Crippen LogP contribution is -2.51. The number of rotatable bonds is 4. The zero-order valence-corrected chi connectivity index (χ0v) is 16.2. The molecule has 0 bridgehead atoms. The Kier molecular flexibility index (Phi) is 4.77. The summed E-state index contributed by atoms with van der Waals surface area (Å²) < 4.78 is 2.17. The molecule has 3 aliphatic rings. The van der Waals surface area contributed by atoms with Crippen molar-refractivity contribution in [2.45, 2.75) is 63.1 Å². The molecular weight excluding hydrogens is 344 g/mol. The molecule has 2 atom stereocenters. The van der Waals surface area contributed by atoms with E-state index in [9.17, 15) is 0 Å². The van der Waals surface area contributed by atoms with E-state index in [1.807, 2.05) is 11.3 Å². The minimum Gasteiger partial charge on any atom is -0.298 e. The van der Waals surface area contributed by atoms with Crippen LogP contribution in [0.5, 0.6) is 0 Å². The number of piperazine rings is 1. The molecule has 26 heavy (non-hydrogen) atoms. The predicted octanol–water partition coefficient (Wildman–Crippen LogP) is 3.11. The highest BCUT2D eigenvalue weighted by atomic mass is 32.1. The van der Waals surface area contributed by atoms with Crippen molar-refractivity contribution in [3.05, 3.63) is 28.2 Å². The number of fused-ring (bicyclic) bond motifs is 1. The topological polar surface area (TPSA) is 50.1 Å². The van der Waals surface area contributed by atoms with Crippen LogP contribution < -0.4 is 0 Å². The van der Waals surface area contributed by atoms with Gasteiger partial charge in [-0.25, -0.2) is 4.68 Å². The van der Waals surface area contributed by atoms with Gasteiger partial charge in [-0.3, -0.25) is 9.80 Å². The zero-order valence-electron chi connectivity index (χ0n) is 15.3. The van der Waals surface area contributed by atoms with Gasteiger partial charge in [-0.1, -0.05) is 25.3 Å². The van der Waals surface area contributed by atoms with Gasteiger partial charge in [0.05, 0.1) is 6.04 Å². The maximum atomic E-state index is 4.56. The lowest BCUT2D eigenvalue weighted by Gasteiger charge is -2.41. The fraction of sp³-hybridized carbons (Fsp3) is 0.737. The third-order valence-electron chi connectivity index (χ3n) is 6.48. The van der Waals surface area contributed by atoms with Crippen molar-refractivity contribution in [1.82, 2.24) is 30.0 Å². The molecule has 1 saturated carbocycles. The normalized spacial score (nSPS) is 26.8. The SMILES string of the molecule is c1csc([C@H](c2nnnn2C2CCCCC2)N2CCN3CCC[C@@H]3C2)c1. The molecule has 2 saturated heterocycles. The molecule has 4 heterocycles. The van der Waals surface area contributed by atoms with Crippen LogP contribution in [0.15, 0.2) is 17.5 Å². The summed E-state index contributed by atoms with van der Waals surface area (Å²) >= 11 is 1.84. The van der Waals surface area contributed by atoms with Crippen LogP contribution in [0.4, 0.5) is 0 Å². The second-order valence-corrected chi connectivity index (χ2v) is 9.00. The van der Waals surface area contributed by atoms with E-state index in [-0.39, 0.29) is 6.04 Å². The van der Waals surface area contributed by atoms with Gasteiger partial charge in [-0.05, 0) is 54.1 Å². The van der Waals surface area contributed by atoms with Gasteiger partial charge in [0.1, 0.15) is 6.04 Å². The van der Waals surface area contributed by atoms with E-state index in [0.717, 1.165) is 18.9 Å². The highest BCUT2D eigenvalue weighted by molar-refractivity contribution is 7.10. The molecule has 2 aliphatic heterocycles. The highest BCUT2D eigenvalue weighted by Crippen LogP contribution is 2.36. The fourth-order valence-electron chi connectivity index (χ4n) is 5.13. The Balaban J connectivity index is 1.47. The van der Waals surface area contributed by atoms with Crippen LogP contribution in [0, 0.1) is 0 Å². The van der Waals surface area contributed by atoms with Crippen LogP contribution in [0.1, 0.15) is 67.7 Å². The van der Waals surface area contributed by atoms with Crippen molar-refractivity contribution in [2.24, 2.45) is 0 Å². The second kappa shape index (κ2) is 7.37. The molecule has 7 heteroatoms. The van der Waals surface area contributed by atoms with Gasteiger partial charge in [-0.15, -0.1) is 16.4 Å². The maximum Gasteiger partial charge on any atom is 0.174 e. The Morgan fingerprint density at radius 1 is 1.00 bits per heavy atom. The van der Waals surface area contributed by atoms with Crippen molar-refractivity contribution in [3.63, 3.8) is 0 Å². The molecule has 0 amide bonds. The van der Waals surface area contributed by atoms with Gasteiger partial charge in [0, 0.05) is 30.6 Å². The molecule has 0 spiro atoms. The summed E-state index contributed by atoms with van der Waals surface area (Å²) in [5.41, 5.74) is 0. The third-order valence-corrected chi connectivity index (χ3v) is 7.40. The summed E-state index contributed by atoms with van der Waals surface area (Å²) in [4.78, 5) is 6.69. The molecule has 2 aromatic heterocycles. The van der Waals surface area contributed by atoms with Crippen LogP contribution >= 0.6 is 11.3 Å². The molecular formula is C19H28N6S. The lowest BCUT2D eigenvalue weighted by atomic mass is 9.95. The number of aromatic nitrogens is 4. The van der Waals surface area contributed by atoms with Crippen LogP contribution in [-0.2, 0) is 0 Å². The summed E-state index contributed by atoms with van der Waals surface area (Å²) in [7, 11) is 0. The molecule has 0 radical (unpaired) electrons. The Bertz CT molecular complexity index is 707. The molecule has 2 aromatic rings. The monoisotopic (exact) mass is 372 g/mol. The third kappa shape index (κ3) is 3.10. The first-order chi connectivity index (χ1) is 12.9. The van der Waals surface area contributed by atoms with E-state index in [1.54, 1.807) is 0 Å². The van der Waals surface area contributed by atoms with Crippen molar-refractivity contribution < 1.29 is 0 Å². The fourth-order valence-corrected chi connectivity index (χ4v) is 5.99. The number of tetrazole rings is 1. The van der Waals surface area contributed by atoms with Gasteiger partial charge < -0.3 is 0 Å². The van der Waals surface area contributed by atoms with Crippen LogP contribution in [0.25, 0.3) is 0 Å². The molecule has 1 aliphatic carbocycles. The first-order valence-corrected chi connectivity index (χ1v) is 11.1. The first kappa shape index (κ1) is 16.8. The van der Waals surface area contributed by atoms with E-state index in [1.165, 1.54) is 62.9 Å². The molecule has 0 N–H and O–H groups in total. The predicted molar refractivity (Wildman–Crippen MR) is 102 cm³/mol. The van der Waals surface area contributed by atoms with Crippen molar-refractivity contribution in [2.75, 3.05) is 26.2 Å². The van der Waals surface area contributed by atoms with Crippen LogP contribution in [0.3, 0.4) is 0 Å². The number of nitrogens with zero attached hydrogens (tertiary/aromatic N) is 6. The van der Waals surface area contributed by atoms with E-state index < -0.39 is 0 Å². The quantitative estimate of drug-likeness (QED) is 0.825. The van der Waals surface area contributed by atoms with Crippen LogP contribution in [0.2, 0.25) is 0 Å². The van der Waals surface area contributed by atoms with Gasteiger partial charge in [0.25, 0.3) is 0 Å². The van der Waals surface area contributed by atoms with Crippen molar-refractivity contribution >= 4 is 11.3 Å². The van der Waals surface area contributed by atoms with Gasteiger partial charge in [0.2, 0.25) is 0 Å². The van der Waals surface area contributed by atoms with E-state index >= 15 is 0 Å². The largest absolute Gasteiger partial charge is 0.298 e. The molecule has 140 valence electrons. The van der Waals surface area contributed by atoms with Crippen LogP contribution in [-0.4, -0.2) is 62.2 Å². The second-order valence-electron chi connectivity index (χ2n) is 8.02. The molecule has 0 aromatic carbocycles. The summed E-state index contributed by atoms with van der Waals surface area (Å²) in [6, 6.07) is 5.81. The number of hydrogen-bond donors (Lipinski definition) is 0. The summed E-state index contributed by atoms with van der Waals surface area (Å²) in [6.45, 7) is 4.70. The average Bonchev–Trinajstić information content (AvgIpc) is 3.44. The lowest BCUT2D eigenvalue weighted by molar-refractivity contribution is 0.0792. The zero-order chi connectivity index (χ0) is 17.3. The molecule has 3 fully saturated rings. The van der Waals surface area contributed by atoms with E-state index in [0.29, 0.717) is 12.1 Å². The summed E-state index contributed by atoms with van der Waals surface area (Å²) in [5, 5.41) is 15.3. The summed E-state index contributed by atoms with van der Waals surface area (Å²) in [5.74, 6) is 1.06. The Morgan fingerprint density at radius 2 is 1.88 bits per heavy atom. The van der Waals surface area contributed by atoms with Gasteiger partial charge in [0.15, 0.2) is 5.82 Å². The summed E-state index contributed by atoms with van der Waals surface area (Å²) in [6.07, 6.45) is 9.06. The Morgan fingerprint density at radius 3 is 2.73 bits per heavy atom. The van der Waals surface area contributed by atoms with Crippen molar-refractivity contribution in [1.29, 1.82) is 0 Å². The standard InChI is InChI=1S/C19H28N6S/c1-2-6-15(7-3-1)25-19(20-21-22-25)18(17-9-5-13-26-17)24-12-11-23-10-4-8-16(23)14-24/h5,9,13,15-16,18H,1-4,6-8,10-12,14H2/t16-,18-/m1/s1. The average molecular weight is 373 g/mol. The number of thiophene rings is 1. The minimum absolute atomic E-state index is 0.203.